The van der Waals surface area contributed by atoms with Crippen LogP contribution in [0.2, 0.25) is 0 Å². The number of piperidine rings is 1. The Balaban J connectivity index is 1.46. The van der Waals surface area contributed by atoms with E-state index >= 15 is 0 Å². The maximum absolute atomic E-state index is 13.9. The molecule has 0 bridgehead atoms. The Morgan fingerprint density at radius 3 is 2.32 bits per heavy atom. The van der Waals surface area contributed by atoms with Gasteiger partial charge in [0.2, 0.25) is 5.91 Å². The summed E-state index contributed by atoms with van der Waals surface area (Å²) >= 11 is 0. The summed E-state index contributed by atoms with van der Waals surface area (Å²) < 4.78 is 19.0. The van der Waals surface area contributed by atoms with Gasteiger partial charge < -0.3 is 14.5 Å². The normalized spacial score (nSPS) is 13.7. The van der Waals surface area contributed by atoms with Gasteiger partial charge in [-0.25, -0.2) is 4.39 Å². The first-order valence-electron chi connectivity index (χ1n) is 13.0. The zero-order valence-electron chi connectivity index (χ0n) is 21.9. The molecule has 0 unspecified atom stereocenters. The molecule has 1 fully saturated rings. The molecule has 3 aromatic rings. The number of halogens is 1. The number of anilines is 1. The molecule has 1 aliphatic rings. The van der Waals surface area contributed by atoms with Crippen molar-refractivity contribution in [2.45, 2.75) is 39.7 Å². The van der Waals surface area contributed by atoms with Crippen LogP contribution in [-0.4, -0.2) is 42.4 Å². The van der Waals surface area contributed by atoms with E-state index in [0.717, 1.165) is 11.1 Å². The molecule has 0 N–H and O–H groups in total. The molecule has 2 amide bonds. The molecule has 0 aliphatic carbocycles. The summed E-state index contributed by atoms with van der Waals surface area (Å²) in [6, 6.07) is 20.9. The lowest BCUT2D eigenvalue weighted by molar-refractivity contribution is -0.151. The van der Waals surface area contributed by atoms with Crippen LogP contribution in [-0.2, 0) is 27.3 Å². The predicted molar refractivity (Wildman–Crippen MR) is 144 cm³/mol. The van der Waals surface area contributed by atoms with Crippen molar-refractivity contribution >= 4 is 23.5 Å². The van der Waals surface area contributed by atoms with E-state index in [1.54, 1.807) is 34.9 Å². The fraction of sp³-hybridized carbons (Fsp3) is 0.323. The minimum absolute atomic E-state index is 0.00696. The highest BCUT2D eigenvalue weighted by Gasteiger charge is 2.28. The second kappa shape index (κ2) is 12.5. The zero-order valence-corrected chi connectivity index (χ0v) is 21.9. The van der Waals surface area contributed by atoms with Crippen LogP contribution in [0.1, 0.15) is 46.8 Å². The van der Waals surface area contributed by atoms with Gasteiger partial charge in [-0.05, 0) is 74.2 Å². The monoisotopic (exact) mass is 516 g/mol. The Kier molecular flexibility index (Phi) is 8.89. The maximum atomic E-state index is 13.9. The molecule has 0 atom stereocenters. The van der Waals surface area contributed by atoms with Gasteiger partial charge >= 0.3 is 5.97 Å². The minimum atomic E-state index is -0.356. The molecule has 0 aromatic heterocycles. The van der Waals surface area contributed by atoms with Crippen molar-refractivity contribution in [2.75, 3.05) is 24.6 Å². The summed E-state index contributed by atoms with van der Waals surface area (Å²) in [5.74, 6) is -0.865. The zero-order chi connectivity index (χ0) is 27.1. The second-order valence-electron chi connectivity index (χ2n) is 9.64. The number of rotatable bonds is 8. The second-order valence-corrected chi connectivity index (χ2v) is 9.64. The molecule has 4 rings (SSSR count). The number of nitrogens with zero attached hydrogens (tertiary/aromatic N) is 2. The van der Waals surface area contributed by atoms with E-state index in [0.29, 0.717) is 49.4 Å². The summed E-state index contributed by atoms with van der Waals surface area (Å²) in [6.45, 7) is 5.36. The first-order chi connectivity index (χ1) is 18.3. The van der Waals surface area contributed by atoms with E-state index < -0.39 is 0 Å². The van der Waals surface area contributed by atoms with E-state index in [2.05, 4.69) is 0 Å². The summed E-state index contributed by atoms with van der Waals surface area (Å²) in [6.07, 6.45) is 1.46. The van der Waals surface area contributed by atoms with Crippen molar-refractivity contribution in [1.82, 2.24) is 4.90 Å². The molecule has 1 heterocycles. The summed E-state index contributed by atoms with van der Waals surface area (Å²) in [5, 5.41) is 0. The van der Waals surface area contributed by atoms with Crippen molar-refractivity contribution in [3.05, 3.63) is 101 Å². The molecular formula is C31H33FN2O4. The van der Waals surface area contributed by atoms with Gasteiger partial charge in [-0.2, -0.15) is 0 Å². The van der Waals surface area contributed by atoms with Gasteiger partial charge in [-0.3, -0.25) is 14.4 Å². The van der Waals surface area contributed by atoms with Crippen LogP contribution in [0.3, 0.4) is 0 Å². The SMILES string of the molecule is CCOC(=O)C1CCN(C(=O)Cc2ccc(N(Cc3cccc(F)c3)C(=O)c3cccc(C)c3)cc2)CC1. The van der Waals surface area contributed by atoms with Crippen LogP contribution < -0.4 is 4.90 Å². The lowest BCUT2D eigenvalue weighted by Crippen LogP contribution is -2.41. The van der Waals surface area contributed by atoms with E-state index in [9.17, 15) is 18.8 Å². The Morgan fingerprint density at radius 2 is 1.66 bits per heavy atom. The third kappa shape index (κ3) is 6.85. The molecule has 0 spiro atoms. The van der Waals surface area contributed by atoms with Gasteiger partial charge in [0.25, 0.3) is 5.91 Å². The topological polar surface area (TPSA) is 66.9 Å². The van der Waals surface area contributed by atoms with Crippen molar-refractivity contribution in [1.29, 1.82) is 0 Å². The van der Waals surface area contributed by atoms with Gasteiger partial charge in [-0.1, -0.05) is 42.0 Å². The Hall–Kier alpha value is -4.00. The van der Waals surface area contributed by atoms with Gasteiger partial charge in [0.05, 0.1) is 25.5 Å². The largest absolute Gasteiger partial charge is 0.466 e. The lowest BCUT2D eigenvalue weighted by Gasteiger charge is -2.31. The van der Waals surface area contributed by atoms with Gasteiger partial charge in [-0.15, -0.1) is 0 Å². The van der Waals surface area contributed by atoms with Crippen LogP contribution in [0.5, 0.6) is 0 Å². The van der Waals surface area contributed by atoms with Crippen molar-refractivity contribution < 1.29 is 23.5 Å². The smallest absolute Gasteiger partial charge is 0.309 e. The van der Waals surface area contributed by atoms with Gasteiger partial charge in [0, 0.05) is 24.3 Å². The van der Waals surface area contributed by atoms with Crippen molar-refractivity contribution in [3.8, 4) is 0 Å². The first kappa shape index (κ1) is 27.0. The van der Waals surface area contributed by atoms with Crippen LogP contribution in [0.25, 0.3) is 0 Å². The van der Waals surface area contributed by atoms with Crippen LogP contribution in [0, 0.1) is 18.7 Å². The van der Waals surface area contributed by atoms with E-state index in [1.807, 2.05) is 49.4 Å². The summed E-state index contributed by atoms with van der Waals surface area (Å²) in [4.78, 5) is 41.8. The molecule has 0 radical (unpaired) electrons. The number of amides is 2. The number of ether oxygens (including phenoxy) is 1. The van der Waals surface area contributed by atoms with Crippen molar-refractivity contribution in [2.24, 2.45) is 5.92 Å². The highest BCUT2D eigenvalue weighted by molar-refractivity contribution is 6.06. The fourth-order valence-corrected chi connectivity index (χ4v) is 4.74. The Labute approximate surface area is 223 Å². The number of carbonyl (C=O) groups is 3. The first-order valence-corrected chi connectivity index (χ1v) is 13.0. The minimum Gasteiger partial charge on any atom is -0.466 e. The standard InChI is InChI=1S/C31H33FN2O4/c1-3-38-31(37)25-14-16-33(17-15-25)29(35)20-23-10-12-28(13-11-23)34(21-24-7-5-9-27(32)19-24)30(36)26-8-4-6-22(2)18-26/h4-13,18-19,25H,3,14-17,20-21H2,1-2H3. The third-order valence-electron chi connectivity index (χ3n) is 6.81. The molecule has 3 aromatic carbocycles. The Morgan fingerprint density at radius 1 is 0.947 bits per heavy atom. The molecule has 1 saturated heterocycles. The Bertz CT molecular complexity index is 1280. The lowest BCUT2D eigenvalue weighted by atomic mass is 9.96. The summed E-state index contributed by atoms with van der Waals surface area (Å²) in [7, 11) is 0. The molecule has 0 saturated carbocycles. The number of hydrogen-bond donors (Lipinski definition) is 0. The molecule has 198 valence electrons. The molecular weight excluding hydrogens is 483 g/mol. The summed E-state index contributed by atoms with van der Waals surface area (Å²) in [5.41, 5.74) is 3.69. The number of hydrogen-bond acceptors (Lipinski definition) is 4. The van der Waals surface area contributed by atoms with Gasteiger partial charge in [0.15, 0.2) is 0 Å². The van der Waals surface area contributed by atoms with Crippen LogP contribution >= 0.6 is 0 Å². The highest BCUT2D eigenvalue weighted by atomic mass is 19.1. The quantitative estimate of drug-likeness (QED) is 0.380. The maximum Gasteiger partial charge on any atom is 0.309 e. The number of likely N-dealkylation sites (tertiary alicyclic amines) is 1. The highest BCUT2D eigenvalue weighted by Crippen LogP contribution is 2.24. The fourth-order valence-electron chi connectivity index (χ4n) is 4.74. The molecule has 6 nitrogen and oxygen atoms in total. The molecule has 1 aliphatic heterocycles. The average molecular weight is 517 g/mol. The van der Waals surface area contributed by atoms with E-state index in [-0.39, 0.29) is 42.5 Å². The number of benzene rings is 3. The van der Waals surface area contributed by atoms with Crippen LogP contribution in [0.15, 0.2) is 72.8 Å². The predicted octanol–water partition coefficient (Wildman–Crippen LogP) is 5.33. The van der Waals surface area contributed by atoms with E-state index in [1.165, 1.54) is 12.1 Å². The molecule has 38 heavy (non-hydrogen) atoms. The third-order valence-corrected chi connectivity index (χ3v) is 6.81. The van der Waals surface area contributed by atoms with Gasteiger partial charge in [0.1, 0.15) is 5.82 Å². The van der Waals surface area contributed by atoms with Crippen molar-refractivity contribution in [3.63, 3.8) is 0 Å². The van der Waals surface area contributed by atoms with Crippen LogP contribution in [0.4, 0.5) is 10.1 Å². The number of carbonyl (C=O) groups excluding carboxylic acids is 3. The molecule has 7 heteroatoms. The van der Waals surface area contributed by atoms with E-state index in [4.69, 9.17) is 4.74 Å². The number of aryl methyl sites for hydroxylation is 1. The number of esters is 1. The average Bonchev–Trinajstić information content (AvgIpc) is 2.92.